The molecule has 0 aromatic heterocycles. The Morgan fingerprint density at radius 1 is 1.25 bits per heavy atom. The number of rotatable bonds is 5. The SMILES string of the molecule is COc1cc(NCc2ccc([N+](=O)[O-])cc2)ccc1Br. The van der Waals surface area contributed by atoms with Crippen molar-refractivity contribution in [3.63, 3.8) is 0 Å². The van der Waals surface area contributed by atoms with Crippen LogP contribution in [-0.4, -0.2) is 12.0 Å². The molecule has 2 aromatic rings. The Bertz CT molecular complexity index is 614. The zero-order valence-corrected chi connectivity index (χ0v) is 12.4. The summed E-state index contributed by atoms with van der Waals surface area (Å²) < 4.78 is 6.11. The van der Waals surface area contributed by atoms with Crippen molar-refractivity contribution < 1.29 is 9.66 Å². The first-order valence-corrected chi connectivity index (χ1v) is 6.70. The van der Waals surface area contributed by atoms with E-state index < -0.39 is 4.92 Å². The fraction of sp³-hybridized carbons (Fsp3) is 0.143. The number of methoxy groups -OCH3 is 1. The van der Waals surface area contributed by atoms with Crippen LogP contribution < -0.4 is 10.1 Å². The average Bonchev–Trinajstić information content (AvgIpc) is 2.46. The molecule has 0 saturated heterocycles. The molecule has 6 heteroatoms. The molecule has 1 N–H and O–H groups in total. The summed E-state index contributed by atoms with van der Waals surface area (Å²) in [5, 5.41) is 13.8. The van der Waals surface area contributed by atoms with Gasteiger partial charge in [-0.1, -0.05) is 12.1 Å². The van der Waals surface area contributed by atoms with E-state index in [1.807, 2.05) is 18.2 Å². The zero-order chi connectivity index (χ0) is 14.5. The van der Waals surface area contributed by atoms with Gasteiger partial charge in [-0.25, -0.2) is 0 Å². The van der Waals surface area contributed by atoms with Gasteiger partial charge in [0.1, 0.15) is 5.75 Å². The number of non-ortho nitro benzene ring substituents is 1. The second kappa shape index (κ2) is 6.38. The van der Waals surface area contributed by atoms with Crippen molar-refractivity contribution in [1.82, 2.24) is 0 Å². The van der Waals surface area contributed by atoms with E-state index in [0.29, 0.717) is 6.54 Å². The average molecular weight is 337 g/mol. The number of hydrogen-bond acceptors (Lipinski definition) is 4. The van der Waals surface area contributed by atoms with Crippen LogP contribution >= 0.6 is 15.9 Å². The van der Waals surface area contributed by atoms with E-state index >= 15 is 0 Å². The topological polar surface area (TPSA) is 64.4 Å². The maximum absolute atomic E-state index is 10.6. The third-order valence-corrected chi connectivity index (χ3v) is 3.45. The summed E-state index contributed by atoms with van der Waals surface area (Å²) in [5.41, 5.74) is 1.99. The maximum atomic E-state index is 10.6. The highest BCUT2D eigenvalue weighted by Gasteiger charge is 2.04. The highest BCUT2D eigenvalue weighted by Crippen LogP contribution is 2.28. The van der Waals surface area contributed by atoms with Gasteiger partial charge in [0, 0.05) is 30.4 Å². The van der Waals surface area contributed by atoms with Gasteiger partial charge in [-0.3, -0.25) is 10.1 Å². The molecule has 0 fully saturated rings. The molecular formula is C14H13BrN2O3. The van der Waals surface area contributed by atoms with Crippen LogP contribution in [0.4, 0.5) is 11.4 Å². The fourth-order valence-corrected chi connectivity index (χ4v) is 2.12. The molecule has 20 heavy (non-hydrogen) atoms. The third kappa shape index (κ3) is 3.48. The van der Waals surface area contributed by atoms with Gasteiger partial charge >= 0.3 is 0 Å². The molecule has 0 aliphatic heterocycles. The van der Waals surface area contributed by atoms with Crippen molar-refractivity contribution in [2.75, 3.05) is 12.4 Å². The zero-order valence-electron chi connectivity index (χ0n) is 10.8. The monoisotopic (exact) mass is 336 g/mol. The van der Waals surface area contributed by atoms with Crippen LogP contribution in [-0.2, 0) is 6.54 Å². The number of anilines is 1. The van der Waals surface area contributed by atoms with Gasteiger partial charge in [0.15, 0.2) is 0 Å². The number of nitro benzene ring substituents is 1. The largest absolute Gasteiger partial charge is 0.495 e. The van der Waals surface area contributed by atoms with E-state index in [2.05, 4.69) is 21.2 Å². The first-order valence-electron chi connectivity index (χ1n) is 5.91. The van der Waals surface area contributed by atoms with Gasteiger partial charge in [-0.15, -0.1) is 0 Å². The lowest BCUT2D eigenvalue weighted by atomic mass is 10.2. The van der Waals surface area contributed by atoms with Crippen LogP contribution in [0.3, 0.4) is 0 Å². The molecule has 0 heterocycles. The fourth-order valence-electron chi connectivity index (χ4n) is 1.71. The van der Waals surface area contributed by atoms with Crippen molar-refractivity contribution >= 4 is 27.3 Å². The minimum absolute atomic E-state index is 0.0964. The molecule has 104 valence electrons. The highest BCUT2D eigenvalue weighted by molar-refractivity contribution is 9.10. The number of ether oxygens (including phenoxy) is 1. The molecule has 2 rings (SSSR count). The lowest BCUT2D eigenvalue weighted by Crippen LogP contribution is -2.00. The van der Waals surface area contributed by atoms with Crippen LogP contribution in [0.1, 0.15) is 5.56 Å². The van der Waals surface area contributed by atoms with E-state index in [9.17, 15) is 10.1 Å². The molecule has 0 spiro atoms. The summed E-state index contributed by atoms with van der Waals surface area (Å²) >= 11 is 3.39. The predicted molar refractivity (Wildman–Crippen MR) is 81.1 cm³/mol. The van der Waals surface area contributed by atoms with Gasteiger partial charge in [0.05, 0.1) is 16.5 Å². The van der Waals surface area contributed by atoms with E-state index in [1.54, 1.807) is 19.2 Å². The smallest absolute Gasteiger partial charge is 0.269 e. The van der Waals surface area contributed by atoms with E-state index in [4.69, 9.17) is 4.74 Å². The Morgan fingerprint density at radius 2 is 1.95 bits per heavy atom. The first kappa shape index (κ1) is 14.3. The van der Waals surface area contributed by atoms with Crippen LogP contribution in [0.15, 0.2) is 46.9 Å². The Balaban J connectivity index is 2.03. The molecule has 0 atom stereocenters. The van der Waals surface area contributed by atoms with Crippen molar-refractivity contribution in [2.24, 2.45) is 0 Å². The third-order valence-electron chi connectivity index (χ3n) is 2.79. The number of nitrogens with one attached hydrogen (secondary N) is 1. The van der Waals surface area contributed by atoms with Crippen LogP contribution in [0.5, 0.6) is 5.75 Å². The standard InChI is InChI=1S/C14H13BrN2O3/c1-20-14-8-11(4-7-13(14)15)16-9-10-2-5-12(6-3-10)17(18)19/h2-8,16H,9H2,1H3. The predicted octanol–water partition coefficient (Wildman–Crippen LogP) is 3.98. The number of nitrogens with zero attached hydrogens (tertiary/aromatic N) is 1. The van der Waals surface area contributed by atoms with E-state index in [-0.39, 0.29) is 5.69 Å². The summed E-state index contributed by atoms with van der Waals surface area (Å²) in [6.07, 6.45) is 0. The normalized spacial score (nSPS) is 10.1. The Hall–Kier alpha value is -2.08. The summed E-state index contributed by atoms with van der Waals surface area (Å²) in [5.74, 6) is 0.749. The van der Waals surface area contributed by atoms with Crippen LogP contribution in [0, 0.1) is 10.1 Å². The number of halogens is 1. The lowest BCUT2D eigenvalue weighted by molar-refractivity contribution is -0.384. The van der Waals surface area contributed by atoms with Gasteiger partial charge in [0.2, 0.25) is 0 Å². The quantitative estimate of drug-likeness (QED) is 0.662. The van der Waals surface area contributed by atoms with Gasteiger partial charge in [-0.05, 0) is 33.6 Å². The second-order valence-electron chi connectivity index (χ2n) is 4.13. The summed E-state index contributed by atoms with van der Waals surface area (Å²) in [6, 6.07) is 12.2. The molecule has 0 unspecified atom stereocenters. The van der Waals surface area contributed by atoms with E-state index in [0.717, 1.165) is 21.5 Å². The number of benzene rings is 2. The minimum Gasteiger partial charge on any atom is -0.495 e. The Kier molecular flexibility index (Phi) is 4.57. The van der Waals surface area contributed by atoms with Gasteiger partial charge < -0.3 is 10.1 Å². The summed E-state index contributed by atoms with van der Waals surface area (Å²) in [4.78, 5) is 10.2. The number of nitro groups is 1. The van der Waals surface area contributed by atoms with E-state index in [1.165, 1.54) is 12.1 Å². The maximum Gasteiger partial charge on any atom is 0.269 e. The molecule has 0 aliphatic rings. The molecular weight excluding hydrogens is 324 g/mol. The highest BCUT2D eigenvalue weighted by atomic mass is 79.9. The summed E-state index contributed by atoms with van der Waals surface area (Å²) in [7, 11) is 1.61. The van der Waals surface area contributed by atoms with Crippen molar-refractivity contribution in [2.45, 2.75) is 6.54 Å². The second-order valence-corrected chi connectivity index (χ2v) is 4.98. The minimum atomic E-state index is -0.406. The molecule has 0 aliphatic carbocycles. The molecule has 0 radical (unpaired) electrons. The molecule has 0 saturated carbocycles. The lowest BCUT2D eigenvalue weighted by Gasteiger charge is -2.09. The van der Waals surface area contributed by atoms with Crippen molar-refractivity contribution in [3.8, 4) is 5.75 Å². The van der Waals surface area contributed by atoms with Crippen molar-refractivity contribution in [1.29, 1.82) is 0 Å². The number of hydrogen-bond donors (Lipinski definition) is 1. The van der Waals surface area contributed by atoms with Crippen LogP contribution in [0.25, 0.3) is 0 Å². The molecule has 2 aromatic carbocycles. The molecule has 5 nitrogen and oxygen atoms in total. The summed E-state index contributed by atoms with van der Waals surface area (Å²) in [6.45, 7) is 0.586. The van der Waals surface area contributed by atoms with Crippen molar-refractivity contribution in [3.05, 3.63) is 62.6 Å². The Morgan fingerprint density at radius 3 is 2.55 bits per heavy atom. The van der Waals surface area contributed by atoms with Crippen LogP contribution in [0.2, 0.25) is 0 Å². The van der Waals surface area contributed by atoms with Gasteiger partial charge in [0.25, 0.3) is 5.69 Å². The molecule has 0 amide bonds. The Labute approximate surface area is 124 Å². The molecule has 0 bridgehead atoms. The first-order chi connectivity index (χ1) is 9.60. The van der Waals surface area contributed by atoms with Gasteiger partial charge in [-0.2, -0.15) is 0 Å².